The van der Waals surface area contributed by atoms with Crippen LogP contribution in [0.25, 0.3) is 0 Å². The van der Waals surface area contributed by atoms with Crippen LogP contribution in [0.5, 0.6) is 0 Å². The zero-order chi connectivity index (χ0) is 12.3. The minimum atomic E-state index is -0.0727. The van der Waals surface area contributed by atoms with E-state index in [2.05, 4.69) is 18.1 Å². The Morgan fingerprint density at radius 3 is 2.76 bits per heavy atom. The number of hydrogen-bond donors (Lipinski definition) is 1. The molecule has 17 heavy (non-hydrogen) atoms. The van der Waals surface area contributed by atoms with Crippen molar-refractivity contribution in [1.29, 1.82) is 0 Å². The first-order valence-electron chi connectivity index (χ1n) is 6.56. The number of rotatable bonds is 5. The van der Waals surface area contributed by atoms with Gasteiger partial charge in [-0.15, -0.1) is 0 Å². The van der Waals surface area contributed by atoms with Gasteiger partial charge in [0.15, 0.2) is 0 Å². The van der Waals surface area contributed by atoms with Crippen molar-refractivity contribution in [3.63, 3.8) is 0 Å². The van der Waals surface area contributed by atoms with Gasteiger partial charge in [0.05, 0.1) is 23.6 Å². The van der Waals surface area contributed by atoms with Gasteiger partial charge in [-0.1, -0.05) is 12.8 Å². The zero-order valence-electron chi connectivity index (χ0n) is 10.9. The molecule has 0 unspecified atom stereocenters. The molecule has 0 atom stereocenters. The fraction of sp³-hybridized carbons (Fsp3) is 0.769. The van der Waals surface area contributed by atoms with Crippen LogP contribution in [0.15, 0.2) is 6.07 Å². The topological polar surface area (TPSA) is 53.1 Å². The zero-order valence-corrected chi connectivity index (χ0v) is 10.9. The summed E-state index contributed by atoms with van der Waals surface area (Å²) in [7, 11) is 0. The summed E-state index contributed by atoms with van der Waals surface area (Å²) in [5.74, 6) is 0. The molecule has 1 aromatic rings. The molecule has 2 N–H and O–H groups in total. The molecule has 4 nitrogen and oxygen atoms in total. The van der Waals surface area contributed by atoms with Gasteiger partial charge in [-0.3, -0.25) is 4.68 Å². The molecular weight excluding hydrogens is 214 g/mol. The first-order chi connectivity index (χ1) is 8.19. The van der Waals surface area contributed by atoms with E-state index in [1.807, 2.05) is 11.6 Å². The maximum absolute atomic E-state index is 6.10. The van der Waals surface area contributed by atoms with E-state index in [1.54, 1.807) is 0 Å². The summed E-state index contributed by atoms with van der Waals surface area (Å²) in [6.45, 7) is 6.27. The van der Waals surface area contributed by atoms with Crippen LogP contribution in [0.1, 0.15) is 44.0 Å². The second-order valence-corrected chi connectivity index (χ2v) is 4.98. The summed E-state index contributed by atoms with van der Waals surface area (Å²) in [4.78, 5) is 0. The number of nitrogens with zero attached hydrogens (tertiary/aromatic N) is 2. The monoisotopic (exact) mass is 237 g/mol. The predicted octanol–water partition coefficient (Wildman–Crippen LogP) is 2.00. The lowest BCUT2D eigenvalue weighted by molar-refractivity contribution is -0.0474. The second-order valence-electron chi connectivity index (χ2n) is 4.98. The van der Waals surface area contributed by atoms with E-state index in [9.17, 15) is 0 Å². The molecule has 0 radical (unpaired) electrons. The van der Waals surface area contributed by atoms with Crippen LogP contribution in [0.3, 0.4) is 0 Å². The van der Waals surface area contributed by atoms with Gasteiger partial charge in [0.2, 0.25) is 0 Å². The maximum Gasteiger partial charge on any atom is 0.0893 e. The Morgan fingerprint density at radius 2 is 2.18 bits per heavy atom. The quantitative estimate of drug-likeness (QED) is 0.852. The van der Waals surface area contributed by atoms with E-state index in [0.717, 1.165) is 30.8 Å². The highest BCUT2D eigenvalue weighted by Crippen LogP contribution is 2.33. The lowest BCUT2D eigenvalue weighted by Gasteiger charge is -2.27. The van der Waals surface area contributed by atoms with Crippen molar-refractivity contribution in [2.24, 2.45) is 5.73 Å². The molecule has 1 fully saturated rings. The van der Waals surface area contributed by atoms with Gasteiger partial charge in [-0.2, -0.15) is 5.10 Å². The molecule has 1 aromatic heterocycles. The molecule has 96 valence electrons. The van der Waals surface area contributed by atoms with E-state index in [0.29, 0.717) is 13.2 Å². The summed E-state index contributed by atoms with van der Waals surface area (Å²) >= 11 is 0. The second kappa shape index (κ2) is 5.19. The Bertz CT molecular complexity index is 367. The minimum absolute atomic E-state index is 0.0727. The fourth-order valence-electron chi connectivity index (χ4n) is 2.64. The number of nitrogens with two attached hydrogens (primary N) is 1. The van der Waals surface area contributed by atoms with Crippen molar-refractivity contribution in [2.75, 3.05) is 6.54 Å². The highest BCUT2D eigenvalue weighted by molar-refractivity contribution is 5.08. The van der Waals surface area contributed by atoms with Crippen LogP contribution in [-0.4, -0.2) is 21.9 Å². The van der Waals surface area contributed by atoms with Crippen molar-refractivity contribution in [2.45, 2.75) is 58.3 Å². The van der Waals surface area contributed by atoms with Crippen molar-refractivity contribution >= 4 is 0 Å². The first-order valence-corrected chi connectivity index (χ1v) is 6.56. The van der Waals surface area contributed by atoms with Crippen molar-refractivity contribution in [3.05, 3.63) is 17.5 Å². The van der Waals surface area contributed by atoms with Gasteiger partial charge in [-0.25, -0.2) is 0 Å². The number of aromatic nitrogens is 2. The average Bonchev–Trinajstić information content (AvgIpc) is 2.93. The highest BCUT2D eigenvalue weighted by Gasteiger charge is 2.33. The normalized spacial score (nSPS) is 18.8. The average molecular weight is 237 g/mol. The van der Waals surface area contributed by atoms with Crippen molar-refractivity contribution < 1.29 is 4.74 Å². The molecule has 1 aliphatic rings. The van der Waals surface area contributed by atoms with Crippen LogP contribution in [0, 0.1) is 6.92 Å². The van der Waals surface area contributed by atoms with E-state index in [4.69, 9.17) is 10.5 Å². The van der Waals surface area contributed by atoms with E-state index < -0.39 is 0 Å². The summed E-state index contributed by atoms with van der Waals surface area (Å²) in [5.41, 5.74) is 8.00. The summed E-state index contributed by atoms with van der Waals surface area (Å²) in [5, 5.41) is 4.43. The lowest BCUT2D eigenvalue weighted by atomic mass is 10.0. The minimum Gasteiger partial charge on any atom is -0.367 e. The van der Waals surface area contributed by atoms with Gasteiger partial charge >= 0.3 is 0 Å². The number of hydrogen-bond acceptors (Lipinski definition) is 3. The highest BCUT2D eigenvalue weighted by atomic mass is 16.5. The third-order valence-electron chi connectivity index (χ3n) is 3.70. The Kier molecular flexibility index (Phi) is 3.84. The molecule has 1 aliphatic carbocycles. The Balaban J connectivity index is 2.01. The van der Waals surface area contributed by atoms with E-state index in [-0.39, 0.29) is 5.60 Å². The number of ether oxygens (including phenoxy) is 1. The van der Waals surface area contributed by atoms with Gasteiger partial charge < -0.3 is 10.5 Å². The van der Waals surface area contributed by atoms with E-state index >= 15 is 0 Å². The summed E-state index contributed by atoms with van der Waals surface area (Å²) in [6.07, 6.45) is 4.68. The van der Waals surface area contributed by atoms with Gasteiger partial charge in [0, 0.05) is 13.1 Å². The van der Waals surface area contributed by atoms with Gasteiger partial charge in [-0.05, 0) is 32.8 Å². The molecule has 0 amide bonds. The molecule has 0 aliphatic heterocycles. The third-order valence-corrected chi connectivity index (χ3v) is 3.70. The van der Waals surface area contributed by atoms with Gasteiger partial charge in [0.25, 0.3) is 0 Å². The predicted molar refractivity (Wildman–Crippen MR) is 67.7 cm³/mol. The van der Waals surface area contributed by atoms with Crippen LogP contribution >= 0.6 is 0 Å². The molecule has 1 heterocycles. The lowest BCUT2D eigenvalue weighted by Crippen LogP contribution is -2.37. The van der Waals surface area contributed by atoms with Crippen LogP contribution in [0.2, 0.25) is 0 Å². The fourth-order valence-corrected chi connectivity index (χ4v) is 2.64. The largest absolute Gasteiger partial charge is 0.367 e. The van der Waals surface area contributed by atoms with Crippen LogP contribution in [-0.2, 0) is 17.9 Å². The molecule has 4 heteroatoms. The summed E-state index contributed by atoms with van der Waals surface area (Å²) < 4.78 is 8.10. The molecule has 0 saturated heterocycles. The van der Waals surface area contributed by atoms with Crippen LogP contribution in [0.4, 0.5) is 0 Å². The Morgan fingerprint density at radius 1 is 1.47 bits per heavy atom. The SMILES string of the molecule is CCn1nc(C)cc1COC1(CN)CCCC1. The van der Waals surface area contributed by atoms with Crippen LogP contribution < -0.4 is 5.73 Å². The standard InChI is InChI=1S/C13H23N3O/c1-3-16-12(8-11(2)15-16)9-17-13(10-14)6-4-5-7-13/h8H,3-7,9-10,14H2,1-2H3. The van der Waals surface area contributed by atoms with Crippen molar-refractivity contribution in [1.82, 2.24) is 9.78 Å². The first kappa shape index (κ1) is 12.6. The molecule has 1 saturated carbocycles. The van der Waals surface area contributed by atoms with Crippen molar-refractivity contribution in [3.8, 4) is 0 Å². The van der Waals surface area contributed by atoms with Gasteiger partial charge in [0.1, 0.15) is 0 Å². The molecule has 2 rings (SSSR count). The smallest absolute Gasteiger partial charge is 0.0893 e. The Labute approximate surface area is 103 Å². The third kappa shape index (κ3) is 2.69. The molecule has 0 aromatic carbocycles. The molecular formula is C13H23N3O. The summed E-state index contributed by atoms with van der Waals surface area (Å²) in [6, 6.07) is 2.10. The molecule has 0 spiro atoms. The number of aryl methyl sites for hydroxylation is 2. The maximum atomic E-state index is 6.10. The molecule has 0 bridgehead atoms. The van der Waals surface area contributed by atoms with E-state index in [1.165, 1.54) is 12.8 Å². The Hall–Kier alpha value is -0.870.